The molecule has 0 bridgehead atoms. The van der Waals surface area contributed by atoms with E-state index in [-0.39, 0.29) is 46.1 Å². The van der Waals surface area contributed by atoms with Crippen molar-refractivity contribution in [3.05, 3.63) is 70.7 Å². The maximum absolute atomic E-state index is 15.9. The van der Waals surface area contributed by atoms with Crippen molar-refractivity contribution in [2.24, 2.45) is 5.41 Å². The van der Waals surface area contributed by atoms with Crippen molar-refractivity contribution in [3.8, 4) is 16.9 Å². The van der Waals surface area contributed by atoms with E-state index in [2.05, 4.69) is 18.8 Å². The van der Waals surface area contributed by atoms with Crippen LogP contribution in [0.5, 0.6) is 5.75 Å². The molecule has 1 fully saturated rings. The van der Waals surface area contributed by atoms with E-state index in [1.54, 1.807) is 39.8 Å². The minimum Gasteiger partial charge on any atom is -0.490 e. The summed E-state index contributed by atoms with van der Waals surface area (Å²) >= 11 is 0. The Kier molecular flexibility index (Phi) is 9.30. The maximum Gasteiger partial charge on any atom is 0.337 e. The number of rotatable bonds is 9. The maximum atomic E-state index is 15.9. The highest BCUT2D eigenvalue weighted by molar-refractivity contribution is 5.92. The van der Waals surface area contributed by atoms with Gasteiger partial charge in [0.2, 0.25) is 0 Å². The summed E-state index contributed by atoms with van der Waals surface area (Å²) in [6.45, 7) is 12.3. The number of pyridine rings is 1. The number of aryl methyl sites for hydroxylation is 1. The van der Waals surface area contributed by atoms with Crippen LogP contribution in [0, 0.1) is 29.8 Å². The number of anilines is 2. The van der Waals surface area contributed by atoms with Crippen LogP contribution in [0.25, 0.3) is 11.1 Å². The number of piperidine rings is 1. The van der Waals surface area contributed by atoms with Crippen LogP contribution < -0.4 is 15.4 Å². The van der Waals surface area contributed by atoms with Crippen LogP contribution in [-0.2, 0) is 16.0 Å². The van der Waals surface area contributed by atoms with Crippen molar-refractivity contribution in [1.82, 2.24) is 4.98 Å². The second-order valence-corrected chi connectivity index (χ2v) is 12.8. The van der Waals surface area contributed by atoms with Gasteiger partial charge in [-0.3, -0.25) is 0 Å². The molecule has 1 aliphatic heterocycles. The van der Waals surface area contributed by atoms with Crippen molar-refractivity contribution in [2.45, 2.75) is 72.5 Å². The Hall–Kier alpha value is -3.79. The fourth-order valence-corrected chi connectivity index (χ4v) is 5.31. The van der Waals surface area contributed by atoms with Crippen molar-refractivity contribution >= 4 is 17.5 Å². The first-order valence-corrected chi connectivity index (χ1v) is 14.4. The van der Waals surface area contributed by atoms with Crippen LogP contribution in [0.3, 0.4) is 0 Å². The molecule has 0 radical (unpaired) electrons. The van der Waals surface area contributed by atoms with Crippen molar-refractivity contribution in [3.63, 3.8) is 0 Å². The van der Waals surface area contributed by atoms with Gasteiger partial charge in [-0.2, -0.15) is 0 Å². The van der Waals surface area contributed by atoms with Crippen LogP contribution in [-0.4, -0.2) is 41.4 Å². The third-order valence-electron chi connectivity index (χ3n) is 7.67. The molecule has 4 rings (SSSR count). The highest BCUT2D eigenvalue weighted by Crippen LogP contribution is 2.47. The van der Waals surface area contributed by atoms with Crippen molar-refractivity contribution in [2.75, 3.05) is 30.3 Å². The van der Waals surface area contributed by atoms with Gasteiger partial charge in [-0.25, -0.2) is 22.9 Å². The van der Waals surface area contributed by atoms with E-state index in [0.717, 1.165) is 30.5 Å². The van der Waals surface area contributed by atoms with Crippen LogP contribution in [0.1, 0.15) is 70.4 Å². The number of benzene rings is 2. The van der Waals surface area contributed by atoms with Crippen molar-refractivity contribution < 1.29 is 32.5 Å². The van der Waals surface area contributed by atoms with Gasteiger partial charge >= 0.3 is 5.97 Å². The van der Waals surface area contributed by atoms with E-state index < -0.39 is 29.3 Å². The Morgan fingerprint density at radius 1 is 1.09 bits per heavy atom. The molecule has 1 aliphatic rings. The number of hydrogen-bond donors (Lipinski definition) is 2. The fourth-order valence-electron chi connectivity index (χ4n) is 5.31. The second-order valence-electron chi connectivity index (χ2n) is 12.8. The molecular weight excluding hydrogens is 559 g/mol. The molecule has 0 unspecified atom stereocenters. The summed E-state index contributed by atoms with van der Waals surface area (Å²) < 4.78 is 56.1. The summed E-state index contributed by atoms with van der Waals surface area (Å²) in [6.07, 6.45) is 0.519. The molecule has 0 saturated carbocycles. The molecular formula is C33H40F3N3O4. The molecule has 1 aromatic heterocycles. The van der Waals surface area contributed by atoms with Gasteiger partial charge in [0, 0.05) is 42.4 Å². The third-order valence-corrected chi connectivity index (χ3v) is 7.67. The average Bonchev–Trinajstić information content (AvgIpc) is 2.90. The molecule has 3 N–H and O–H groups in total. The number of nitrogens with two attached hydrogens (primary N) is 1. The zero-order chi connectivity index (χ0) is 31.7. The lowest BCUT2D eigenvalue weighted by atomic mass is 9.82. The van der Waals surface area contributed by atoms with Crippen LogP contribution in [0.4, 0.5) is 24.7 Å². The van der Waals surface area contributed by atoms with Crippen LogP contribution in [0.15, 0.2) is 36.4 Å². The molecule has 7 nitrogen and oxygen atoms in total. The van der Waals surface area contributed by atoms with E-state index in [1.165, 1.54) is 12.1 Å². The minimum atomic E-state index is -1.43. The zero-order valence-corrected chi connectivity index (χ0v) is 25.6. The summed E-state index contributed by atoms with van der Waals surface area (Å²) in [5, 5.41) is 10.3. The summed E-state index contributed by atoms with van der Waals surface area (Å²) in [5.74, 6) is -3.56. The smallest absolute Gasteiger partial charge is 0.337 e. The lowest BCUT2D eigenvalue weighted by Gasteiger charge is -2.41. The average molecular weight is 600 g/mol. The summed E-state index contributed by atoms with van der Waals surface area (Å²) in [7, 11) is 0. The molecule has 2 aromatic carbocycles. The fraction of sp³-hybridized carbons (Fsp3) is 0.455. The van der Waals surface area contributed by atoms with Gasteiger partial charge in [0.25, 0.3) is 0 Å². The van der Waals surface area contributed by atoms with Gasteiger partial charge in [0.15, 0.2) is 17.7 Å². The van der Waals surface area contributed by atoms with E-state index in [4.69, 9.17) is 15.2 Å². The number of hydrogen-bond acceptors (Lipinski definition) is 6. The predicted octanol–water partition coefficient (Wildman–Crippen LogP) is 7.25. The number of aliphatic carboxylic acids is 1. The van der Waals surface area contributed by atoms with E-state index in [9.17, 15) is 14.3 Å². The van der Waals surface area contributed by atoms with E-state index in [0.29, 0.717) is 30.9 Å². The number of carbonyl (C=O) groups is 1. The number of halogens is 3. The number of nitrogens with zero attached hydrogens (tertiary/aromatic N) is 2. The molecule has 43 heavy (non-hydrogen) atoms. The molecule has 0 spiro atoms. The number of carboxylic acids is 1. The van der Waals surface area contributed by atoms with Gasteiger partial charge in [-0.1, -0.05) is 26.0 Å². The highest BCUT2D eigenvalue weighted by Gasteiger charge is 2.37. The molecule has 0 amide bonds. The zero-order valence-electron chi connectivity index (χ0n) is 25.6. The number of carboxylic acid groups (broad SMARTS) is 1. The highest BCUT2D eigenvalue weighted by atomic mass is 19.1. The normalized spacial score (nSPS) is 15.8. The first kappa shape index (κ1) is 32.1. The Morgan fingerprint density at radius 3 is 2.30 bits per heavy atom. The van der Waals surface area contributed by atoms with Gasteiger partial charge in [0.1, 0.15) is 17.5 Å². The Morgan fingerprint density at radius 2 is 1.72 bits per heavy atom. The van der Waals surface area contributed by atoms with Gasteiger partial charge in [0.05, 0.1) is 23.5 Å². The Balaban J connectivity index is 1.81. The van der Waals surface area contributed by atoms with Gasteiger partial charge in [-0.05, 0) is 69.7 Å². The lowest BCUT2D eigenvalue weighted by Crippen LogP contribution is -2.39. The van der Waals surface area contributed by atoms with Crippen molar-refractivity contribution in [1.29, 1.82) is 0 Å². The second kappa shape index (κ2) is 12.4. The van der Waals surface area contributed by atoms with Gasteiger partial charge < -0.3 is 25.2 Å². The quantitative estimate of drug-likeness (QED) is 0.267. The summed E-state index contributed by atoms with van der Waals surface area (Å²) in [4.78, 5) is 19.0. The minimum absolute atomic E-state index is 0.0406. The van der Waals surface area contributed by atoms with E-state index >= 15 is 8.78 Å². The standard InChI is InChI=1S/C33H40F3N3O4/c1-19-26(29(31(40)41)43-32(2,3)4)28(39-14-12-33(5,6)13-15-39)27(30(37)38-19)22-17-24(36)25(18-23(22)35)42-16-11-20-7-9-21(34)10-8-20/h7-10,17-18,29H,11-16H2,1-6H3,(H2,37,38)(H,40,41)/t29-/m0/s1. The molecule has 3 aromatic rings. The third kappa shape index (κ3) is 7.60. The molecule has 10 heteroatoms. The predicted molar refractivity (Wildman–Crippen MR) is 161 cm³/mol. The number of aromatic nitrogens is 1. The Labute approximate surface area is 250 Å². The molecule has 2 heterocycles. The van der Waals surface area contributed by atoms with E-state index in [1.807, 2.05) is 4.90 Å². The topological polar surface area (TPSA) is 97.9 Å². The number of ether oxygens (including phenoxy) is 2. The first-order valence-electron chi connectivity index (χ1n) is 14.4. The molecule has 232 valence electrons. The largest absolute Gasteiger partial charge is 0.490 e. The molecule has 1 saturated heterocycles. The molecule has 0 aliphatic carbocycles. The number of nitrogen functional groups attached to an aromatic ring is 1. The SMILES string of the molecule is Cc1nc(N)c(-c2cc(F)c(OCCc3ccc(F)cc3)cc2F)c(N2CCC(C)(C)CC2)c1[C@H](OC(C)(C)C)C(=O)O. The van der Waals surface area contributed by atoms with Crippen LogP contribution in [0.2, 0.25) is 0 Å². The monoisotopic (exact) mass is 599 g/mol. The summed E-state index contributed by atoms with van der Waals surface area (Å²) in [6, 6.07) is 7.80. The molecule has 1 atom stereocenters. The summed E-state index contributed by atoms with van der Waals surface area (Å²) in [5.41, 5.74) is 7.35. The van der Waals surface area contributed by atoms with Crippen LogP contribution >= 0.6 is 0 Å². The van der Waals surface area contributed by atoms with Gasteiger partial charge in [-0.15, -0.1) is 0 Å². The Bertz CT molecular complexity index is 1480. The lowest BCUT2D eigenvalue weighted by molar-refractivity contribution is -0.160. The first-order chi connectivity index (χ1) is 20.1.